The lowest BCUT2D eigenvalue weighted by molar-refractivity contribution is -0.186. The van der Waals surface area contributed by atoms with Gasteiger partial charge >= 0.3 is 0 Å². The highest BCUT2D eigenvalue weighted by Crippen LogP contribution is 2.10. The van der Waals surface area contributed by atoms with Crippen LogP contribution in [0.15, 0.2) is 0 Å². The van der Waals surface area contributed by atoms with Gasteiger partial charge in [-0.1, -0.05) is 0 Å². The van der Waals surface area contributed by atoms with Crippen LogP contribution in [0.2, 0.25) is 0 Å². The summed E-state index contributed by atoms with van der Waals surface area (Å²) in [6.07, 6.45) is -2.96. The van der Waals surface area contributed by atoms with Crippen molar-refractivity contribution in [3.05, 3.63) is 0 Å². The summed E-state index contributed by atoms with van der Waals surface area (Å²) >= 11 is 0. The Morgan fingerprint density at radius 3 is 1.50 bits per heavy atom. The van der Waals surface area contributed by atoms with Crippen molar-refractivity contribution in [2.75, 3.05) is 14.1 Å². The molecule has 0 bridgehead atoms. The Morgan fingerprint density at radius 1 is 1.00 bits per heavy atom. The van der Waals surface area contributed by atoms with Crippen molar-refractivity contribution in [1.29, 1.82) is 0 Å². The summed E-state index contributed by atoms with van der Waals surface area (Å²) in [7, 11) is 2.50. The molecule has 1 aliphatic rings. The Bertz CT molecular complexity index is 186. The Morgan fingerprint density at radius 2 is 1.25 bits per heavy atom. The van der Waals surface area contributed by atoms with Crippen molar-refractivity contribution in [3.8, 4) is 0 Å². The van der Waals surface area contributed by atoms with Crippen molar-refractivity contribution < 1.29 is 19.8 Å². The van der Waals surface area contributed by atoms with Gasteiger partial charge in [-0.25, -0.2) is 0 Å². The minimum Gasteiger partial charge on any atom is -0.365 e. The topological polar surface area (TPSA) is 81.1 Å². The predicted octanol–water partition coefficient (Wildman–Crippen LogP) is -2.45. The van der Waals surface area contributed by atoms with Gasteiger partial charge in [0, 0.05) is 14.1 Å². The van der Waals surface area contributed by atoms with E-state index in [1.165, 1.54) is 14.1 Å². The highest BCUT2D eigenvalue weighted by molar-refractivity contribution is 5.94. The molecule has 6 heteroatoms. The molecule has 6 nitrogen and oxygen atoms in total. The maximum absolute atomic E-state index is 11.0. The summed E-state index contributed by atoms with van der Waals surface area (Å²) in [5, 5.41) is 18.2. The summed E-state index contributed by atoms with van der Waals surface area (Å²) < 4.78 is 0. The van der Waals surface area contributed by atoms with Crippen LogP contribution in [0, 0.1) is 0 Å². The third-order valence-corrected chi connectivity index (χ3v) is 1.87. The number of aliphatic hydroxyl groups excluding tert-OH is 2. The second-order valence-corrected chi connectivity index (χ2v) is 2.65. The largest absolute Gasteiger partial charge is 0.365 e. The molecule has 1 fully saturated rings. The van der Waals surface area contributed by atoms with Crippen LogP contribution in [-0.2, 0) is 9.59 Å². The monoisotopic (exact) mass is 174 g/mol. The standard InChI is InChI=1S/C6H10N2O4/c1-7-3(9)5(11)8(2)6(12)4(7)10/h3,6,9,12H,1-2H3/t3-,6-/m0/s1. The summed E-state index contributed by atoms with van der Waals surface area (Å²) in [5.74, 6) is -1.38. The number of likely N-dealkylation sites (N-methyl/N-ethyl adjacent to an activating group) is 2. The highest BCUT2D eigenvalue weighted by Gasteiger charge is 2.40. The van der Waals surface area contributed by atoms with Crippen molar-refractivity contribution in [2.45, 2.75) is 12.5 Å². The van der Waals surface area contributed by atoms with Gasteiger partial charge in [-0.2, -0.15) is 0 Å². The van der Waals surface area contributed by atoms with E-state index in [4.69, 9.17) is 10.2 Å². The van der Waals surface area contributed by atoms with Crippen LogP contribution in [-0.4, -0.2) is 58.4 Å². The van der Waals surface area contributed by atoms with Crippen LogP contribution in [0.5, 0.6) is 0 Å². The summed E-state index contributed by atoms with van der Waals surface area (Å²) in [6, 6.07) is 0. The molecule has 0 aliphatic carbocycles. The van der Waals surface area contributed by atoms with E-state index < -0.39 is 24.3 Å². The molecule has 1 aliphatic heterocycles. The van der Waals surface area contributed by atoms with Crippen molar-refractivity contribution in [1.82, 2.24) is 9.80 Å². The molecule has 1 rings (SSSR count). The van der Waals surface area contributed by atoms with E-state index >= 15 is 0 Å². The van der Waals surface area contributed by atoms with Gasteiger partial charge in [0.25, 0.3) is 11.8 Å². The minimum atomic E-state index is -1.48. The molecule has 0 spiro atoms. The number of piperazine rings is 1. The van der Waals surface area contributed by atoms with E-state index in [1.54, 1.807) is 0 Å². The van der Waals surface area contributed by atoms with Gasteiger partial charge in [0.1, 0.15) is 0 Å². The highest BCUT2D eigenvalue weighted by atomic mass is 16.3. The number of nitrogens with zero attached hydrogens (tertiary/aromatic N) is 2. The van der Waals surface area contributed by atoms with Gasteiger partial charge in [-0.05, 0) is 0 Å². The Balaban J connectivity index is 2.91. The van der Waals surface area contributed by atoms with Gasteiger partial charge in [0.15, 0.2) is 0 Å². The second kappa shape index (κ2) is 2.72. The van der Waals surface area contributed by atoms with E-state index in [1.807, 2.05) is 0 Å². The molecule has 68 valence electrons. The lowest BCUT2D eigenvalue weighted by Gasteiger charge is -2.36. The van der Waals surface area contributed by atoms with Crippen molar-refractivity contribution in [3.63, 3.8) is 0 Å². The molecule has 0 radical (unpaired) electrons. The second-order valence-electron chi connectivity index (χ2n) is 2.65. The molecule has 0 aromatic carbocycles. The minimum absolute atomic E-state index is 0.690. The molecule has 0 saturated carbocycles. The molecule has 0 aromatic rings. The van der Waals surface area contributed by atoms with Gasteiger partial charge in [0.2, 0.25) is 12.5 Å². The van der Waals surface area contributed by atoms with Gasteiger partial charge in [-0.3, -0.25) is 9.59 Å². The maximum Gasteiger partial charge on any atom is 0.274 e. The first-order valence-electron chi connectivity index (χ1n) is 3.36. The lowest BCUT2D eigenvalue weighted by Crippen LogP contribution is -2.62. The lowest BCUT2D eigenvalue weighted by atomic mass is 10.3. The van der Waals surface area contributed by atoms with Crippen molar-refractivity contribution >= 4 is 11.8 Å². The van der Waals surface area contributed by atoms with E-state index in [9.17, 15) is 9.59 Å². The Labute approximate surface area is 69.0 Å². The number of carbonyl (C=O) groups is 2. The van der Waals surface area contributed by atoms with Crippen molar-refractivity contribution in [2.24, 2.45) is 0 Å². The normalized spacial score (nSPS) is 31.3. The molecule has 2 amide bonds. The number of amides is 2. The fourth-order valence-corrected chi connectivity index (χ4v) is 0.937. The van der Waals surface area contributed by atoms with E-state index in [0.29, 0.717) is 0 Å². The molecular formula is C6H10N2O4. The molecule has 0 unspecified atom stereocenters. The van der Waals surface area contributed by atoms with Crippen LogP contribution in [0.3, 0.4) is 0 Å². The van der Waals surface area contributed by atoms with E-state index in [0.717, 1.165) is 9.80 Å². The Kier molecular flexibility index (Phi) is 2.03. The first kappa shape index (κ1) is 8.95. The van der Waals surface area contributed by atoms with Gasteiger partial charge < -0.3 is 20.0 Å². The summed E-state index contributed by atoms with van der Waals surface area (Å²) in [6.45, 7) is 0. The van der Waals surface area contributed by atoms with Crippen LogP contribution in [0.1, 0.15) is 0 Å². The first-order valence-corrected chi connectivity index (χ1v) is 3.36. The van der Waals surface area contributed by atoms with Gasteiger partial charge in [0.05, 0.1) is 0 Å². The number of rotatable bonds is 0. The quantitative estimate of drug-likeness (QED) is 0.427. The van der Waals surface area contributed by atoms with Gasteiger partial charge in [-0.15, -0.1) is 0 Å². The number of carbonyl (C=O) groups excluding carboxylic acids is 2. The first-order chi connectivity index (χ1) is 5.46. The molecule has 2 N–H and O–H groups in total. The zero-order valence-corrected chi connectivity index (χ0v) is 6.76. The number of hydrogen-bond donors (Lipinski definition) is 2. The third kappa shape index (κ3) is 1.05. The summed E-state index contributed by atoms with van der Waals surface area (Å²) in [4.78, 5) is 23.6. The SMILES string of the molecule is CN1C(=O)[C@H](O)N(C)C(=O)[C@@H]1O. The smallest absolute Gasteiger partial charge is 0.274 e. The molecule has 12 heavy (non-hydrogen) atoms. The molecule has 1 heterocycles. The van der Waals surface area contributed by atoms with E-state index in [-0.39, 0.29) is 0 Å². The zero-order valence-electron chi connectivity index (χ0n) is 6.76. The third-order valence-electron chi connectivity index (χ3n) is 1.87. The Hall–Kier alpha value is -1.14. The fraction of sp³-hybridized carbons (Fsp3) is 0.667. The molecular weight excluding hydrogens is 164 g/mol. The molecule has 1 saturated heterocycles. The number of hydrogen-bond acceptors (Lipinski definition) is 4. The maximum atomic E-state index is 11.0. The van der Waals surface area contributed by atoms with Crippen LogP contribution >= 0.6 is 0 Å². The number of aliphatic hydroxyl groups is 2. The molecule has 0 aromatic heterocycles. The van der Waals surface area contributed by atoms with Crippen LogP contribution in [0.25, 0.3) is 0 Å². The van der Waals surface area contributed by atoms with Crippen LogP contribution in [0.4, 0.5) is 0 Å². The predicted molar refractivity (Wildman–Crippen MR) is 37.6 cm³/mol. The average Bonchev–Trinajstić information content (AvgIpc) is 2.08. The molecule has 2 atom stereocenters. The van der Waals surface area contributed by atoms with Crippen LogP contribution < -0.4 is 0 Å². The average molecular weight is 174 g/mol. The summed E-state index contributed by atoms with van der Waals surface area (Å²) in [5.41, 5.74) is 0. The van der Waals surface area contributed by atoms with E-state index in [2.05, 4.69) is 0 Å². The zero-order chi connectivity index (χ0) is 9.46. The fourth-order valence-electron chi connectivity index (χ4n) is 0.937.